The van der Waals surface area contributed by atoms with Crippen LogP contribution in [0.5, 0.6) is 0 Å². The Kier molecular flexibility index (Phi) is 27.4. The summed E-state index contributed by atoms with van der Waals surface area (Å²) in [6, 6.07) is 15.9. The summed E-state index contributed by atoms with van der Waals surface area (Å²) < 4.78 is 0. The number of benzene rings is 2. The first kappa shape index (κ1) is 44.0. The average Bonchev–Trinajstić information content (AvgIpc) is 3.09. The van der Waals surface area contributed by atoms with E-state index in [1.54, 1.807) is 0 Å². The predicted molar refractivity (Wildman–Crippen MR) is 213 cm³/mol. The molecule has 0 unspecified atom stereocenters. The SMILES string of the molecule is CCCCCCCCCCC=CCCCc1ccccc1N=C(CCCC)C(CCCC)=Nc1ccc(CCCC)c(CCCC)c1.[Ni]. The Morgan fingerprint density at radius 1 is 0.479 bits per heavy atom. The molecule has 2 aromatic carbocycles. The molecular weight excluding hydrogens is 627 g/mol. The average molecular weight is 700 g/mol. The monoisotopic (exact) mass is 699 g/mol. The molecule has 0 saturated carbocycles. The maximum atomic E-state index is 5.42. The van der Waals surface area contributed by atoms with E-state index >= 15 is 0 Å². The van der Waals surface area contributed by atoms with Crippen molar-refractivity contribution in [2.24, 2.45) is 9.98 Å². The number of aryl methyl sites for hydroxylation is 3. The van der Waals surface area contributed by atoms with Crippen LogP contribution in [-0.4, -0.2) is 11.4 Å². The second kappa shape index (κ2) is 29.9. The van der Waals surface area contributed by atoms with Crippen LogP contribution in [0.15, 0.2) is 64.6 Å². The number of para-hydroxylation sites is 1. The van der Waals surface area contributed by atoms with Gasteiger partial charge in [-0.05, 0) is 118 Å². The fourth-order valence-electron chi connectivity index (χ4n) is 6.29. The zero-order valence-electron chi connectivity index (χ0n) is 31.9. The molecule has 48 heavy (non-hydrogen) atoms. The molecule has 0 saturated heterocycles. The molecule has 0 amide bonds. The summed E-state index contributed by atoms with van der Waals surface area (Å²) in [4.78, 5) is 10.8. The molecule has 0 aliphatic carbocycles. The van der Waals surface area contributed by atoms with Crippen molar-refractivity contribution >= 4 is 22.8 Å². The molecule has 2 rings (SSSR count). The van der Waals surface area contributed by atoms with Crippen LogP contribution in [0.4, 0.5) is 11.4 Å². The zero-order valence-corrected chi connectivity index (χ0v) is 32.9. The van der Waals surface area contributed by atoms with E-state index in [9.17, 15) is 0 Å². The summed E-state index contributed by atoms with van der Waals surface area (Å²) in [6.45, 7) is 11.4. The second-order valence-electron chi connectivity index (χ2n) is 13.7. The van der Waals surface area contributed by atoms with E-state index in [1.807, 2.05) is 0 Å². The van der Waals surface area contributed by atoms with Crippen LogP contribution in [0.1, 0.15) is 186 Å². The number of hydrogen-bond donors (Lipinski definition) is 0. The first-order valence-electron chi connectivity index (χ1n) is 20.2. The minimum atomic E-state index is 0. The number of allylic oxidation sites excluding steroid dienone is 2. The van der Waals surface area contributed by atoms with E-state index in [-0.39, 0.29) is 16.5 Å². The molecule has 0 spiro atoms. The normalized spacial score (nSPS) is 12.2. The van der Waals surface area contributed by atoms with E-state index in [4.69, 9.17) is 9.98 Å². The van der Waals surface area contributed by atoms with Crippen molar-refractivity contribution in [1.82, 2.24) is 0 Å². The van der Waals surface area contributed by atoms with Gasteiger partial charge in [0.1, 0.15) is 0 Å². The Morgan fingerprint density at radius 3 is 1.65 bits per heavy atom. The van der Waals surface area contributed by atoms with Gasteiger partial charge < -0.3 is 0 Å². The molecule has 0 aromatic heterocycles. The summed E-state index contributed by atoms with van der Waals surface area (Å²) in [7, 11) is 0. The van der Waals surface area contributed by atoms with Crippen LogP contribution in [0.2, 0.25) is 0 Å². The summed E-state index contributed by atoms with van der Waals surface area (Å²) >= 11 is 0. The van der Waals surface area contributed by atoms with E-state index in [2.05, 4.69) is 89.2 Å². The van der Waals surface area contributed by atoms with Gasteiger partial charge in [0.25, 0.3) is 0 Å². The minimum Gasteiger partial charge on any atom is -0.252 e. The Bertz CT molecular complexity index is 1160. The van der Waals surface area contributed by atoms with Gasteiger partial charge in [-0.15, -0.1) is 0 Å². The van der Waals surface area contributed by atoms with Crippen molar-refractivity contribution in [3.63, 3.8) is 0 Å². The van der Waals surface area contributed by atoms with Crippen molar-refractivity contribution in [3.8, 4) is 0 Å². The van der Waals surface area contributed by atoms with Gasteiger partial charge in [0.2, 0.25) is 0 Å². The number of rotatable bonds is 28. The van der Waals surface area contributed by atoms with Gasteiger partial charge in [0, 0.05) is 16.5 Å². The standard InChI is InChI=1S/C45H72N2.Ni/c1-6-11-16-17-18-19-20-21-22-23-24-25-26-31-40-32-27-28-35-43(40)47-45(34-15-10-5)44(33-14-9-4)46-42-37-36-39(29-12-7-2)41(38-42)30-13-8-3;/h23-24,27-28,32,35-38H,6-22,25-26,29-31,33-34H2,1-5H3;. The van der Waals surface area contributed by atoms with Crippen LogP contribution in [0.3, 0.4) is 0 Å². The molecule has 272 valence electrons. The van der Waals surface area contributed by atoms with Crippen molar-refractivity contribution < 1.29 is 16.5 Å². The second-order valence-corrected chi connectivity index (χ2v) is 13.7. The maximum absolute atomic E-state index is 5.42. The topological polar surface area (TPSA) is 24.7 Å². The largest absolute Gasteiger partial charge is 0.252 e. The molecule has 0 heterocycles. The fraction of sp³-hybridized carbons (Fsp3) is 0.644. The van der Waals surface area contributed by atoms with Crippen molar-refractivity contribution in [1.29, 1.82) is 0 Å². The number of unbranched alkanes of at least 4 members (excludes halogenated alkanes) is 13. The Hall–Kier alpha value is -1.99. The summed E-state index contributed by atoms with van der Waals surface area (Å²) in [6.07, 6.45) is 34.5. The quantitative estimate of drug-likeness (QED) is 0.0366. The Balaban J connectivity index is 0.0000115. The van der Waals surface area contributed by atoms with Gasteiger partial charge in [0.15, 0.2) is 0 Å². The number of aliphatic imine (C=N–C) groups is 2. The van der Waals surface area contributed by atoms with Crippen LogP contribution < -0.4 is 0 Å². The van der Waals surface area contributed by atoms with Gasteiger partial charge in [-0.1, -0.05) is 142 Å². The summed E-state index contributed by atoms with van der Waals surface area (Å²) in [5.41, 5.74) is 9.04. The number of nitrogens with zero attached hydrogens (tertiary/aromatic N) is 2. The maximum Gasteiger partial charge on any atom is 0.0665 e. The summed E-state index contributed by atoms with van der Waals surface area (Å²) in [5.74, 6) is 0. The first-order chi connectivity index (χ1) is 23.2. The predicted octanol–water partition coefficient (Wildman–Crippen LogP) is 15.0. The molecule has 2 nitrogen and oxygen atoms in total. The molecule has 0 atom stereocenters. The molecule has 0 radical (unpaired) electrons. The Morgan fingerprint density at radius 2 is 1.00 bits per heavy atom. The smallest absolute Gasteiger partial charge is 0.0665 e. The van der Waals surface area contributed by atoms with Gasteiger partial charge in [-0.25, -0.2) is 0 Å². The molecule has 0 aliphatic heterocycles. The van der Waals surface area contributed by atoms with Gasteiger partial charge in [-0.2, -0.15) is 0 Å². The third-order valence-corrected chi connectivity index (χ3v) is 9.38. The molecule has 0 N–H and O–H groups in total. The van der Waals surface area contributed by atoms with Crippen LogP contribution in [0, 0.1) is 0 Å². The minimum absolute atomic E-state index is 0. The molecule has 0 bridgehead atoms. The summed E-state index contributed by atoms with van der Waals surface area (Å²) in [5, 5.41) is 0. The Labute approximate surface area is 308 Å². The van der Waals surface area contributed by atoms with Crippen molar-refractivity contribution in [2.75, 3.05) is 0 Å². The van der Waals surface area contributed by atoms with E-state index in [0.29, 0.717) is 0 Å². The first-order valence-corrected chi connectivity index (χ1v) is 20.2. The van der Waals surface area contributed by atoms with Crippen molar-refractivity contribution in [3.05, 3.63) is 71.3 Å². The van der Waals surface area contributed by atoms with E-state index in [0.717, 1.165) is 56.3 Å². The van der Waals surface area contributed by atoms with Crippen LogP contribution in [-0.2, 0) is 35.8 Å². The fourth-order valence-corrected chi connectivity index (χ4v) is 6.29. The zero-order chi connectivity index (χ0) is 33.8. The molecule has 0 fully saturated rings. The van der Waals surface area contributed by atoms with Gasteiger partial charge in [0.05, 0.1) is 22.8 Å². The third kappa shape index (κ3) is 19.3. The number of hydrogen-bond acceptors (Lipinski definition) is 2. The van der Waals surface area contributed by atoms with Crippen molar-refractivity contribution in [2.45, 2.75) is 189 Å². The van der Waals surface area contributed by atoms with Crippen LogP contribution >= 0.6 is 0 Å². The van der Waals surface area contributed by atoms with E-state index < -0.39 is 0 Å². The molecule has 3 heteroatoms. The van der Waals surface area contributed by atoms with Crippen LogP contribution in [0.25, 0.3) is 0 Å². The van der Waals surface area contributed by atoms with Gasteiger partial charge >= 0.3 is 0 Å². The molecule has 0 aliphatic rings. The third-order valence-electron chi connectivity index (χ3n) is 9.38. The van der Waals surface area contributed by atoms with Gasteiger partial charge in [-0.3, -0.25) is 9.98 Å². The van der Waals surface area contributed by atoms with E-state index in [1.165, 1.54) is 137 Å². The molecular formula is C45H72N2Ni. The molecule has 2 aromatic rings.